The molecule has 1 saturated heterocycles. The van der Waals surface area contributed by atoms with Crippen molar-refractivity contribution >= 4 is 10.0 Å². The Morgan fingerprint density at radius 1 is 1.50 bits per heavy atom. The van der Waals surface area contributed by atoms with E-state index in [9.17, 15) is 8.42 Å². The Kier molecular flexibility index (Phi) is 5.17. The summed E-state index contributed by atoms with van der Waals surface area (Å²) in [5, 5.41) is 10.0. The van der Waals surface area contributed by atoms with E-state index < -0.39 is 10.0 Å². The van der Waals surface area contributed by atoms with Crippen LogP contribution in [-0.2, 0) is 16.6 Å². The zero-order valence-electron chi connectivity index (χ0n) is 12.2. The van der Waals surface area contributed by atoms with Crippen LogP contribution in [0.4, 0.5) is 0 Å². The number of nitrogens with one attached hydrogen (secondary N) is 2. The summed E-state index contributed by atoms with van der Waals surface area (Å²) < 4.78 is 26.9. The third-order valence-electron chi connectivity index (χ3n) is 3.84. The van der Waals surface area contributed by atoms with Gasteiger partial charge in [0.05, 0.1) is 6.20 Å². The smallest absolute Gasteiger partial charge is 0.260 e. The van der Waals surface area contributed by atoms with Gasteiger partial charge < -0.3 is 5.32 Å². The maximum absolute atomic E-state index is 12.6. The number of aromatic amines is 1. The number of sulfonamides is 1. The van der Waals surface area contributed by atoms with Crippen molar-refractivity contribution in [3.63, 3.8) is 0 Å². The summed E-state index contributed by atoms with van der Waals surface area (Å²) in [4.78, 5) is 0. The van der Waals surface area contributed by atoms with Crippen LogP contribution in [0.15, 0.2) is 11.2 Å². The molecule has 2 heterocycles. The van der Waals surface area contributed by atoms with Gasteiger partial charge in [0.2, 0.25) is 0 Å². The van der Waals surface area contributed by atoms with E-state index in [1.165, 1.54) is 0 Å². The molecule has 6 nitrogen and oxygen atoms in total. The highest BCUT2D eigenvalue weighted by molar-refractivity contribution is 7.89. The molecular formula is C13H24N4O2S. The SMILES string of the molecule is CCCNCc1cn[nH]c1S(=O)(=O)N1CCC(CC)C1. The first-order valence-electron chi connectivity index (χ1n) is 7.32. The highest BCUT2D eigenvalue weighted by atomic mass is 32.2. The molecule has 1 unspecified atom stereocenters. The van der Waals surface area contributed by atoms with Gasteiger partial charge in [0.15, 0.2) is 5.03 Å². The van der Waals surface area contributed by atoms with E-state index in [0.29, 0.717) is 25.6 Å². The standard InChI is InChI=1S/C13H24N4O2S/c1-3-6-14-8-12-9-15-16-13(12)20(18,19)17-7-5-11(4-2)10-17/h9,11,14H,3-8,10H2,1-2H3,(H,15,16). The quantitative estimate of drug-likeness (QED) is 0.745. The highest BCUT2D eigenvalue weighted by Gasteiger charge is 2.34. The molecule has 0 spiro atoms. The average molecular weight is 300 g/mol. The lowest BCUT2D eigenvalue weighted by Gasteiger charge is -2.16. The second-order valence-corrected chi connectivity index (χ2v) is 7.20. The highest BCUT2D eigenvalue weighted by Crippen LogP contribution is 2.26. The monoisotopic (exact) mass is 300 g/mol. The molecule has 1 aromatic heterocycles. The van der Waals surface area contributed by atoms with Gasteiger partial charge in [-0.05, 0) is 25.3 Å². The molecule has 1 fully saturated rings. The van der Waals surface area contributed by atoms with Gasteiger partial charge >= 0.3 is 0 Å². The van der Waals surface area contributed by atoms with E-state index in [1.54, 1.807) is 10.5 Å². The van der Waals surface area contributed by atoms with Gasteiger partial charge in [-0.1, -0.05) is 20.3 Å². The zero-order chi connectivity index (χ0) is 14.6. The molecule has 1 aliphatic rings. The van der Waals surface area contributed by atoms with Gasteiger partial charge in [-0.15, -0.1) is 0 Å². The van der Waals surface area contributed by atoms with Crippen LogP contribution < -0.4 is 5.32 Å². The predicted octanol–water partition coefficient (Wildman–Crippen LogP) is 1.33. The Morgan fingerprint density at radius 3 is 2.95 bits per heavy atom. The van der Waals surface area contributed by atoms with Crippen LogP contribution in [0.2, 0.25) is 0 Å². The van der Waals surface area contributed by atoms with E-state index in [4.69, 9.17) is 0 Å². The Balaban J connectivity index is 2.12. The van der Waals surface area contributed by atoms with Crippen molar-refractivity contribution in [1.82, 2.24) is 19.8 Å². The van der Waals surface area contributed by atoms with Crippen molar-refractivity contribution in [2.75, 3.05) is 19.6 Å². The number of H-pyrrole nitrogens is 1. The molecule has 114 valence electrons. The summed E-state index contributed by atoms with van der Waals surface area (Å²) in [6.07, 6.45) is 4.60. The second-order valence-electron chi connectivity index (χ2n) is 5.33. The minimum atomic E-state index is -3.43. The minimum absolute atomic E-state index is 0.248. The summed E-state index contributed by atoms with van der Waals surface area (Å²) in [6.45, 7) is 6.82. The van der Waals surface area contributed by atoms with Crippen molar-refractivity contribution in [3.8, 4) is 0 Å². The van der Waals surface area contributed by atoms with Crippen molar-refractivity contribution in [2.45, 2.75) is 44.7 Å². The minimum Gasteiger partial charge on any atom is -0.313 e. The molecular weight excluding hydrogens is 276 g/mol. The van der Waals surface area contributed by atoms with Crippen LogP contribution in [0.25, 0.3) is 0 Å². The zero-order valence-corrected chi connectivity index (χ0v) is 13.0. The summed E-state index contributed by atoms with van der Waals surface area (Å²) in [7, 11) is -3.43. The Bertz CT molecular complexity index is 526. The molecule has 2 N–H and O–H groups in total. The predicted molar refractivity (Wildman–Crippen MR) is 77.7 cm³/mol. The van der Waals surface area contributed by atoms with Crippen LogP contribution in [0, 0.1) is 5.92 Å². The molecule has 0 radical (unpaired) electrons. The van der Waals surface area contributed by atoms with E-state index in [1.807, 2.05) is 0 Å². The molecule has 1 atom stereocenters. The van der Waals surface area contributed by atoms with Gasteiger partial charge in [0.1, 0.15) is 0 Å². The molecule has 0 aromatic carbocycles. The van der Waals surface area contributed by atoms with Gasteiger partial charge in [-0.25, -0.2) is 8.42 Å². The molecule has 20 heavy (non-hydrogen) atoms. The Hall–Kier alpha value is -0.920. The van der Waals surface area contributed by atoms with Crippen LogP contribution >= 0.6 is 0 Å². The van der Waals surface area contributed by atoms with E-state index in [2.05, 4.69) is 29.4 Å². The number of hydrogen-bond donors (Lipinski definition) is 2. The summed E-state index contributed by atoms with van der Waals surface area (Å²) in [5.74, 6) is 0.481. The lowest BCUT2D eigenvalue weighted by molar-refractivity contribution is 0.449. The largest absolute Gasteiger partial charge is 0.313 e. The first-order valence-corrected chi connectivity index (χ1v) is 8.76. The van der Waals surface area contributed by atoms with Crippen molar-refractivity contribution < 1.29 is 8.42 Å². The van der Waals surface area contributed by atoms with Crippen molar-refractivity contribution in [1.29, 1.82) is 0 Å². The lowest BCUT2D eigenvalue weighted by Crippen LogP contribution is -2.30. The van der Waals surface area contributed by atoms with Crippen molar-refractivity contribution in [3.05, 3.63) is 11.8 Å². The molecule has 0 bridgehead atoms. The van der Waals surface area contributed by atoms with Crippen LogP contribution in [0.3, 0.4) is 0 Å². The summed E-state index contributed by atoms with van der Waals surface area (Å²) >= 11 is 0. The lowest BCUT2D eigenvalue weighted by atomic mass is 10.1. The average Bonchev–Trinajstić information content (AvgIpc) is 3.08. The van der Waals surface area contributed by atoms with Crippen LogP contribution in [-0.4, -0.2) is 42.6 Å². The van der Waals surface area contributed by atoms with E-state index >= 15 is 0 Å². The normalized spacial score (nSPS) is 20.6. The fourth-order valence-electron chi connectivity index (χ4n) is 2.53. The van der Waals surface area contributed by atoms with Gasteiger partial charge in [-0.2, -0.15) is 9.40 Å². The molecule has 7 heteroatoms. The summed E-state index contributed by atoms with van der Waals surface area (Å²) in [5.41, 5.74) is 0.721. The molecule has 2 rings (SSSR count). The topological polar surface area (TPSA) is 78.1 Å². The van der Waals surface area contributed by atoms with E-state index in [-0.39, 0.29) is 5.03 Å². The van der Waals surface area contributed by atoms with Crippen LogP contribution in [0.1, 0.15) is 38.7 Å². The fourth-order valence-corrected chi connectivity index (χ4v) is 4.16. The Morgan fingerprint density at radius 2 is 2.30 bits per heavy atom. The molecule has 1 aromatic rings. The fraction of sp³-hybridized carbons (Fsp3) is 0.769. The molecule has 0 saturated carbocycles. The van der Waals surface area contributed by atoms with Crippen LogP contribution in [0.5, 0.6) is 0 Å². The third kappa shape index (κ3) is 3.21. The maximum Gasteiger partial charge on any atom is 0.260 e. The van der Waals surface area contributed by atoms with Gasteiger partial charge in [0, 0.05) is 25.2 Å². The van der Waals surface area contributed by atoms with Gasteiger partial charge in [0.25, 0.3) is 10.0 Å². The number of nitrogens with zero attached hydrogens (tertiary/aromatic N) is 2. The summed E-state index contributed by atoms with van der Waals surface area (Å²) in [6, 6.07) is 0. The number of hydrogen-bond acceptors (Lipinski definition) is 4. The molecule has 1 aliphatic heterocycles. The molecule has 0 amide bonds. The van der Waals surface area contributed by atoms with E-state index in [0.717, 1.165) is 31.4 Å². The maximum atomic E-state index is 12.6. The number of rotatable bonds is 7. The van der Waals surface area contributed by atoms with Crippen molar-refractivity contribution in [2.24, 2.45) is 5.92 Å². The Labute approximate surface area is 121 Å². The van der Waals surface area contributed by atoms with Gasteiger partial charge in [-0.3, -0.25) is 5.10 Å². The first kappa shape index (κ1) is 15.5. The third-order valence-corrected chi connectivity index (χ3v) is 5.73. The second kappa shape index (κ2) is 6.69. The number of aromatic nitrogens is 2. The molecule has 0 aliphatic carbocycles. The first-order chi connectivity index (χ1) is 9.59.